The van der Waals surface area contributed by atoms with E-state index in [1.54, 1.807) is 0 Å². The van der Waals surface area contributed by atoms with Crippen molar-refractivity contribution in [3.8, 4) is 0 Å². The van der Waals surface area contributed by atoms with E-state index in [-0.39, 0.29) is 0 Å². The van der Waals surface area contributed by atoms with Crippen LogP contribution in [-0.4, -0.2) is 16.2 Å². The molecule has 2 rings (SSSR count). The number of aliphatic carboxylic acids is 1. The fourth-order valence-corrected chi connectivity index (χ4v) is 2.49. The Balaban J connectivity index is 0.000000357. The molecule has 0 aliphatic heterocycles. The van der Waals surface area contributed by atoms with Crippen LogP contribution in [0, 0.1) is 5.92 Å². The maximum absolute atomic E-state index is 10.6. The van der Waals surface area contributed by atoms with Crippen LogP contribution in [0.4, 0.5) is 0 Å². The molecule has 1 aromatic rings. The van der Waals surface area contributed by atoms with Gasteiger partial charge in [0.2, 0.25) is 0 Å². The summed E-state index contributed by atoms with van der Waals surface area (Å²) in [7, 11) is 0. The summed E-state index contributed by atoms with van der Waals surface area (Å²) in [6.45, 7) is 3.24. The maximum Gasteiger partial charge on any atom is 0.300 e. The van der Waals surface area contributed by atoms with Crippen LogP contribution >= 0.6 is 0 Å². The molecular weight excluding hydrogens is 228 g/mol. The molecule has 1 aliphatic carbocycles. The number of carboxylic acid groups (broad SMARTS) is 1. The second kappa shape index (κ2) is 6.55. The van der Waals surface area contributed by atoms with Crippen molar-refractivity contribution in [1.82, 2.24) is 0 Å². The molecule has 0 spiro atoms. The van der Waals surface area contributed by atoms with Crippen LogP contribution in [0.1, 0.15) is 45.1 Å². The third-order valence-corrected chi connectivity index (χ3v) is 3.53. The van der Waals surface area contributed by atoms with Crippen molar-refractivity contribution in [1.29, 1.82) is 0 Å². The van der Waals surface area contributed by atoms with Crippen LogP contribution in [0.2, 0.25) is 0 Å². The maximum atomic E-state index is 10.6. The first-order valence-corrected chi connectivity index (χ1v) is 6.44. The molecule has 1 saturated carbocycles. The van der Waals surface area contributed by atoms with Crippen molar-refractivity contribution in [3.05, 3.63) is 35.9 Å². The van der Waals surface area contributed by atoms with Crippen LogP contribution in [0.5, 0.6) is 0 Å². The summed E-state index contributed by atoms with van der Waals surface area (Å²) >= 11 is 0. The Morgan fingerprint density at radius 3 is 2.33 bits per heavy atom. The molecule has 0 saturated heterocycles. The highest BCUT2D eigenvalue weighted by Crippen LogP contribution is 2.41. The summed E-state index contributed by atoms with van der Waals surface area (Å²) in [4.78, 5) is 9.00. The van der Waals surface area contributed by atoms with Gasteiger partial charge in [-0.15, -0.1) is 0 Å². The molecule has 100 valence electrons. The Bertz CT molecular complexity index is 371. The number of carbonyl (C=O) groups is 1. The lowest BCUT2D eigenvalue weighted by molar-refractivity contribution is -0.134. The van der Waals surface area contributed by atoms with Gasteiger partial charge >= 0.3 is 0 Å². The summed E-state index contributed by atoms with van der Waals surface area (Å²) in [5, 5.41) is 18.0. The molecule has 2 unspecified atom stereocenters. The number of hydrogen-bond acceptors (Lipinski definition) is 2. The van der Waals surface area contributed by atoms with Gasteiger partial charge in [-0.25, -0.2) is 0 Å². The second-order valence-electron chi connectivity index (χ2n) is 4.96. The molecule has 1 aromatic carbocycles. The second-order valence-corrected chi connectivity index (χ2v) is 4.96. The van der Waals surface area contributed by atoms with Crippen LogP contribution in [0.25, 0.3) is 0 Å². The highest BCUT2D eigenvalue weighted by Gasteiger charge is 2.37. The first-order valence-electron chi connectivity index (χ1n) is 6.44. The highest BCUT2D eigenvalue weighted by atomic mass is 16.4. The Morgan fingerprint density at radius 2 is 1.83 bits per heavy atom. The molecule has 2 atom stereocenters. The number of rotatable bonds is 1. The monoisotopic (exact) mass is 250 g/mol. The zero-order valence-corrected chi connectivity index (χ0v) is 11.1. The minimum atomic E-state index is -0.833. The molecule has 3 nitrogen and oxygen atoms in total. The van der Waals surface area contributed by atoms with Gasteiger partial charge in [-0.2, -0.15) is 0 Å². The SMILES string of the molecule is CC(=O)O.CC1CCCCC1(O)c1ccccc1. The lowest BCUT2D eigenvalue weighted by Gasteiger charge is -2.38. The lowest BCUT2D eigenvalue weighted by atomic mass is 9.72. The van der Waals surface area contributed by atoms with E-state index in [1.807, 2.05) is 30.3 Å². The molecular formula is C15H22O3. The lowest BCUT2D eigenvalue weighted by Crippen LogP contribution is -2.36. The van der Waals surface area contributed by atoms with Crippen molar-refractivity contribution < 1.29 is 15.0 Å². The Labute approximate surface area is 108 Å². The van der Waals surface area contributed by atoms with E-state index in [0.717, 1.165) is 31.7 Å². The van der Waals surface area contributed by atoms with Gasteiger partial charge in [-0.3, -0.25) is 4.79 Å². The van der Waals surface area contributed by atoms with Gasteiger partial charge in [0.25, 0.3) is 5.97 Å². The molecule has 0 radical (unpaired) electrons. The normalized spacial score (nSPS) is 26.9. The van der Waals surface area contributed by atoms with Crippen molar-refractivity contribution in [2.24, 2.45) is 5.92 Å². The number of benzene rings is 1. The standard InChI is InChI=1S/C13H18O.C2H4O2/c1-11-7-5-6-10-13(11,14)12-8-3-2-4-9-12;1-2(3)4/h2-4,8-9,11,14H,5-7,10H2,1H3;1H3,(H,3,4). The minimum Gasteiger partial charge on any atom is -0.481 e. The van der Waals surface area contributed by atoms with Gasteiger partial charge in [-0.1, -0.05) is 50.1 Å². The molecule has 3 heteroatoms. The van der Waals surface area contributed by atoms with E-state index in [1.165, 1.54) is 6.42 Å². The van der Waals surface area contributed by atoms with E-state index in [9.17, 15) is 5.11 Å². The third kappa shape index (κ3) is 3.84. The van der Waals surface area contributed by atoms with E-state index in [2.05, 4.69) is 6.92 Å². The van der Waals surface area contributed by atoms with Gasteiger partial charge in [0, 0.05) is 6.92 Å². The fraction of sp³-hybridized carbons (Fsp3) is 0.533. The first-order chi connectivity index (χ1) is 8.47. The number of aliphatic hydroxyl groups is 1. The molecule has 0 heterocycles. The van der Waals surface area contributed by atoms with Crippen LogP contribution in [0.15, 0.2) is 30.3 Å². The van der Waals surface area contributed by atoms with Crippen molar-refractivity contribution >= 4 is 5.97 Å². The largest absolute Gasteiger partial charge is 0.481 e. The van der Waals surface area contributed by atoms with E-state index in [4.69, 9.17) is 9.90 Å². The van der Waals surface area contributed by atoms with Gasteiger partial charge in [-0.05, 0) is 24.3 Å². The summed E-state index contributed by atoms with van der Waals surface area (Å²) < 4.78 is 0. The van der Waals surface area contributed by atoms with E-state index in [0.29, 0.717) is 5.92 Å². The fourth-order valence-electron chi connectivity index (χ4n) is 2.49. The van der Waals surface area contributed by atoms with Gasteiger partial charge in [0.1, 0.15) is 0 Å². The number of hydrogen-bond donors (Lipinski definition) is 2. The topological polar surface area (TPSA) is 57.5 Å². The van der Waals surface area contributed by atoms with Crippen LogP contribution in [0.3, 0.4) is 0 Å². The Hall–Kier alpha value is -1.35. The minimum absolute atomic E-state index is 0.388. The quantitative estimate of drug-likeness (QED) is 0.804. The predicted octanol–water partition coefficient (Wildman–Crippen LogP) is 3.18. The van der Waals surface area contributed by atoms with Gasteiger partial charge < -0.3 is 10.2 Å². The van der Waals surface area contributed by atoms with Crippen molar-refractivity contribution in [2.45, 2.75) is 45.1 Å². The molecule has 0 bridgehead atoms. The molecule has 0 aromatic heterocycles. The predicted molar refractivity (Wildman–Crippen MR) is 71.3 cm³/mol. The Kier molecular flexibility index (Phi) is 5.35. The molecule has 1 aliphatic rings. The summed E-state index contributed by atoms with van der Waals surface area (Å²) in [6.07, 6.45) is 4.47. The van der Waals surface area contributed by atoms with Gasteiger partial charge in [0.15, 0.2) is 0 Å². The van der Waals surface area contributed by atoms with Gasteiger partial charge in [0.05, 0.1) is 5.60 Å². The highest BCUT2D eigenvalue weighted by molar-refractivity contribution is 5.62. The molecule has 1 fully saturated rings. The number of carboxylic acids is 1. The summed E-state index contributed by atoms with van der Waals surface area (Å²) in [5.74, 6) is -0.446. The summed E-state index contributed by atoms with van der Waals surface area (Å²) in [6, 6.07) is 10.1. The summed E-state index contributed by atoms with van der Waals surface area (Å²) in [5.41, 5.74) is 0.520. The third-order valence-electron chi connectivity index (χ3n) is 3.53. The molecule has 2 N–H and O–H groups in total. The average molecular weight is 250 g/mol. The molecule has 18 heavy (non-hydrogen) atoms. The van der Waals surface area contributed by atoms with Crippen LogP contribution in [-0.2, 0) is 10.4 Å². The zero-order chi connectivity index (χ0) is 13.6. The smallest absolute Gasteiger partial charge is 0.300 e. The van der Waals surface area contributed by atoms with Crippen LogP contribution < -0.4 is 0 Å². The molecule has 0 amide bonds. The van der Waals surface area contributed by atoms with Crippen molar-refractivity contribution in [3.63, 3.8) is 0 Å². The first kappa shape index (κ1) is 14.7. The van der Waals surface area contributed by atoms with Crippen molar-refractivity contribution in [2.75, 3.05) is 0 Å². The van der Waals surface area contributed by atoms with E-state index >= 15 is 0 Å². The average Bonchev–Trinajstić information content (AvgIpc) is 2.33. The zero-order valence-electron chi connectivity index (χ0n) is 11.1. The Morgan fingerprint density at radius 1 is 1.28 bits per heavy atom. The van der Waals surface area contributed by atoms with E-state index < -0.39 is 11.6 Å².